The van der Waals surface area contributed by atoms with Gasteiger partial charge in [0.1, 0.15) is 0 Å². The van der Waals surface area contributed by atoms with Crippen LogP contribution < -0.4 is 0 Å². The van der Waals surface area contributed by atoms with E-state index in [1.807, 2.05) is 18.2 Å². The summed E-state index contributed by atoms with van der Waals surface area (Å²) in [5, 5.41) is 6.04. The SMILES string of the molecule is C=Cc1c(/C=C\C)n(-c2ccc3c(c2)c2cc(-n4c5ccccc5c5ccccc54)ccc2n3-c2ccc(-c3ccc(-c4ccc(-c5cc(-c6ccccc6)nc(-c6ccccc6C)n5)cc4)cc3)cc2)c2ccccc12. The van der Waals surface area contributed by atoms with Crippen LogP contribution >= 0.6 is 0 Å². The molecule has 0 fully saturated rings. The first-order chi connectivity index (χ1) is 38.0. The Kier molecular flexibility index (Phi) is 11.0. The van der Waals surface area contributed by atoms with Gasteiger partial charge in [0.15, 0.2) is 5.82 Å². The zero-order valence-electron chi connectivity index (χ0n) is 42.8. The van der Waals surface area contributed by atoms with Crippen LogP contribution in [-0.4, -0.2) is 23.7 Å². The van der Waals surface area contributed by atoms with E-state index in [1.54, 1.807) is 0 Å². The normalized spacial score (nSPS) is 11.8. The van der Waals surface area contributed by atoms with Crippen LogP contribution in [0.15, 0.2) is 255 Å². The lowest BCUT2D eigenvalue weighted by molar-refractivity contribution is 1.11. The fourth-order valence-electron chi connectivity index (χ4n) is 11.6. The Balaban J connectivity index is 0.826. The number of benzene rings is 10. The van der Waals surface area contributed by atoms with Crippen LogP contribution in [0.5, 0.6) is 0 Å². The summed E-state index contributed by atoms with van der Waals surface area (Å²) in [6.45, 7) is 8.44. The van der Waals surface area contributed by atoms with E-state index in [-0.39, 0.29) is 0 Å². The quantitative estimate of drug-likeness (QED) is 0.137. The van der Waals surface area contributed by atoms with Gasteiger partial charge >= 0.3 is 0 Å². The summed E-state index contributed by atoms with van der Waals surface area (Å²) in [6.07, 6.45) is 6.29. The Labute approximate surface area is 447 Å². The van der Waals surface area contributed by atoms with Crippen LogP contribution in [0.3, 0.4) is 0 Å². The van der Waals surface area contributed by atoms with E-state index in [4.69, 9.17) is 9.97 Å². The molecule has 0 radical (unpaired) electrons. The molecule has 0 spiro atoms. The molecule has 0 atom stereocenters. The Morgan fingerprint density at radius 3 is 1.32 bits per heavy atom. The average Bonchev–Trinajstić information content (AvgIpc) is 4.27. The first kappa shape index (κ1) is 45.5. The van der Waals surface area contributed by atoms with Gasteiger partial charge in [-0.2, -0.15) is 0 Å². The highest BCUT2D eigenvalue weighted by atomic mass is 15.0. The molecular formula is C72H51N5. The Bertz CT molecular complexity index is 4570. The zero-order valence-corrected chi connectivity index (χ0v) is 42.8. The van der Waals surface area contributed by atoms with Gasteiger partial charge in [0.2, 0.25) is 0 Å². The maximum Gasteiger partial charge on any atom is 0.160 e. The highest BCUT2D eigenvalue weighted by Gasteiger charge is 2.20. The molecule has 5 heteroatoms. The average molecular weight is 986 g/mol. The summed E-state index contributed by atoms with van der Waals surface area (Å²) in [5.41, 5.74) is 22.1. The van der Waals surface area contributed by atoms with Crippen molar-refractivity contribution in [2.45, 2.75) is 13.8 Å². The number of hydrogen-bond donors (Lipinski definition) is 0. The molecule has 10 aromatic carbocycles. The van der Waals surface area contributed by atoms with Crippen molar-refractivity contribution in [3.63, 3.8) is 0 Å². The fraction of sp³-hybridized carbons (Fsp3) is 0.0278. The molecule has 77 heavy (non-hydrogen) atoms. The second-order valence-electron chi connectivity index (χ2n) is 19.8. The molecule has 0 N–H and O–H groups in total. The number of aromatic nitrogens is 5. The minimum Gasteiger partial charge on any atom is -0.309 e. The van der Waals surface area contributed by atoms with Crippen LogP contribution in [0.4, 0.5) is 0 Å². The van der Waals surface area contributed by atoms with E-state index >= 15 is 0 Å². The molecular weight excluding hydrogens is 935 g/mol. The molecule has 14 aromatic rings. The van der Waals surface area contributed by atoms with Crippen molar-refractivity contribution < 1.29 is 0 Å². The maximum atomic E-state index is 5.11. The number of aryl methyl sites for hydroxylation is 1. The first-order valence-electron chi connectivity index (χ1n) is 26.3. The number of hydrogen-bond acceptors (Lipinski definition) is 2. The Morgan fingerprint density at radius 1 is 0.364 bits per heavy atom. The summed E-state index contributed by atoms with van der Waals surface area (Å²) in [4.78, 5) is 10.1. The lowest BCUT2D eigenvalue weighted by atomic mass is 9.98. The van der Waals surface area contributed by atoms with Crippen molar-refractivity contribution in [3.8, 4) is 73.2 Å². The van der Waals surface area contributed by atoms with Gasteiger partial charge in [-0.25, -0.2) is 9.97 Å². The van der Waals surface area contributed by atoms with Crippen LogP contribution in [-0.2, 0) is 0 Å². The van der Waals surface area contributed by atoms with E-state index in [9.17, 15) is 0 Å². The van der Waals surface area contributed by atoms with Crippen LogP contribution in [0.25, 0.3) is 140 Å². The molecule has 0 amide bonds. The monoisotopic (exact) mass is 985 g/mol. The molecule has 0 saturated carbocycles. The van der Waals surface area contributed by atoms with E-state index < -0.39 is 0 Å². The summed E-state index contributed by atoms with van der Waals surface area (Å²) in [7, 11) is 0. The highest BCUT2D eigenvalue weighted by Crippen LogP contribution is 2.40. The molecule has 0 bridgehead atoms. The van der Waals surface area contributed by atoms with Crippen molar-refractivity contribution in [2.75, 3.05) is 0 Å². The molecule has 4 heterocycles. The second kappa shape index (κ2) is 18.7. The summed E-state index contributed by atoms with van der Waals surface area (Å²) >= 11 is 0. The van der Waals surface area contributed by atoms with Gasteiger partial charge in [-0.1, -0.05) is 189 Å². The van der Waals surface area contributed by atoms with E-state index in [2.05, 4.69) is 277 Å². The van der Waals surface area contributed by atoms with Crippen LogP contribution in [0, 0.1) is 6.92 Å². The molecule has 0 saturated heterocycles. The third-order valence-corrected chi connectivity index (χ3v) is 15.3. The van der Waals surface area contributed by atoms with Crippen molar-refractivity contribution in [2.24, 2.45) is 0 Å². The van der Waals surface area contributed by atoms with Gasteiger partial charge in [0, 0.05) is 66.2 Å². The topological polar surface area (TPSA) is 40.6 Å². The van der Waals surface area contributed by atoms with Crippen LogP contribution in [0.1, 0.15) is 23.7 Å². The minimum atomic E-state index is 0.727. The Morgan fingerprint density at radius 2 is 0.779 bits per heavy atom. The maximum absolute atomic E-state index is 5.11. The molecule has 14 rings (SSSR count). The smallest absolute Gasteiger partial charge is 0.160 e. The molecule has 4 aromatic heterocycles. The van der Waals surface area contributed by atoms with Crippen molar-refractivity contribution in [1.82, 2.24) is 23.7 Å². The van der Waals surface area contributed by atoms with E-state index in [1.165, 1.54) is 38.0 Å². The van der Waals surface area contributed by atoms with Crippen LogP contribution in [0.2, 0.25) is 0 Å². The summed E-state index contributed by atoms with van der Waals surface area (Å²) in [5.74, 6) is 0.727. The number of allylic oxidation sites excluding steroid dienone is 1. The van der Waals surface area contributed by atoms with Crippen molar-refractivity contribution in [1.29, 1.82) is 0 Å². The molecule has 5 nitrogen and oxygen atoms in total. The standard InChI is InChI=1S/C72H51N5/c1-4-17-66-57(5-2)59-22-11-14-25-67(59)76(66)55-40-42-70-62(44-55)63-45-56(77-68-26-15-12-23-60(68)61-24-13-16-27-69(61)77)41-43-71(63)75(70)54-38-36-51(37-39-54)49-30-28-48(29-31-49)50-32-34-53(35-33-50)65-46-64(52-19-7-6-8-20-52)73-72(74-65)58-21-10-9-18-47(58)3/h4-46H,2H2,1,3H3/b17-4-. The molecule has 0 aliphatic carbocycles. The number of fused-ring (bicyclic) bond motifs is 7. The van der Waals surface area contributed by atoms with E-state index in [0.717, 1.165) is 107 Å². The number of rotatable bonds is 10. The summed E-state index contributed by atoms with van der Waals surface area (Å²) < 4.78 is 7.21. The minimum absolute atomic E-state index is 0.727. The Hall–Kier alpha value is -10.1. The van der Waals surface area contributed by atoms with E-state index in [0.29, 0.717) is 0 Å². The first-order valence-corrected chi connectivity index (χ1v) is 26.3. The molecule has 0 unspecified atom stereocenters. The third-order valence-electron chi connectivity index (χ3n) is 15.3. The largest absolute Gasteiger partial charge is 0.309 e. The van der Waals surface area contributed by atoms with Crippen molar-refractivity contribution >= 4 is 66.7 Å². The van der Waals surface area contributed by atoms with Gasteiger partial charge in [-0.05, 0) is 121 Å². The van der Waals surface area contributed by atoms with Crippen molar-refractivity contribution in [3.05, 3.63) is 272 Å². The van der Waals surface area contributed by atoms with Gasteiger partial charge < -0.3 is 13.7 Å². The van der Waals surface area contributed by atoms with Gasteiger partial charge in [-0.3, -0.25) is 0 Å². The summed E-state index contributed by atoms with van der Waals surface area (Å²) in [6, 6.07) is 87.4. The van der Waals surface area contributed by atoms with Gasteiger partial charge in [0.05, 0.1) is 44.7 Å². The predicted octanol–water partition coefficient (Wildman–Crippen LogP) is 18.9. The molecule has 364 valence electrons. The lowest BCUT2D eigenvalue weighted by Crippen LogP contribution is -1.98. The van der Waals surface area contributed by atoms with Gasteiger partial charge in [-0.15, -0.1) is 0 Å². The van der Waals surface area contributed by atoms with Gasteiger partial charge in [0.25, 0.3) is 0 Å². The molecule has 0 aliphatic heterocycles. The molecule has 0 aliphatic rings. The zero-order chi connectivity index (χ0) is 51.6. The predicted molar refractivity (Wildman–Crippen MR) is 324 cm³/mol. The third kappa shape index (κ3) is 7.70. The second-order valence-corrected chi connectivity index (χ2v) is 19.8. The number of para-hydroxylation sites is 3. The lowest BCUT2D eigenvalue weighted by Gasteiger charge is -2.12. The fourth-order valence-corrected chi connectivity index (χ4v) is 11.6. The highest BCUT2D eigenvalue weighted by molar-refractivity contribution is 6.13. The number of nitrogens with zero attached hydrogens (tertiary/aromatic N) is 5.